The van der Waals surface area contributed by atoms with E-state index in [-0.39, 0.29) is 68.4 Å². The molecule has 0 spiro atoms. The first-order valence-corrected chi connectivity index (χ1v) is 32.3. The van der Waals surface area contributed by atoms with Crippen LogP contribution in [0.25, 0.3) is 112 Å². The van der Waals surface area contributed by atoms with Crippen LogP contribution in [0, 0.1) is 11.6 Å². The number of ether oxygens (including phenoxy) is 2. The average Bonchev–Trinajstić information content (AvgIpc) is 1.69. The highest BCUT2D eigenvalue weighted by Crippen LogP contribution is 2.46. The minimum atomic E-state index is -3.77. The van der Waals surface area contributed by atoms with Gasteiger partial charge in [0.2, 0.25) is 31.8 Å². The number of carboxylic acid groups (broad SMARTS) is 1. The number of nitrogens with zero attached hydrogens (tertiary/aromatic N) is 4. The number of anilines is 2. The molecule has 23 nitrogen and oxygen atoms in total. The summed E-state index contributed by atoms with van der Waals surface area (Å²) in [7, 11) is 4.24. The summed E-state index contributed by atoms with van der Waals surface area (Å²) in [5, 5.41) is 18.0. The van der Waals surface area contributed by atoms with Gasteiger partial charge in [0.25, 0.3) is 17.7 Å². The highest BCUT2D eigenvalue weighted by Gasteiger charge is 2.30. The summed E-state index contributed by atoms with van der Waals surface area (Å²) in [6.45, 7) is 0. The first-order chi connectivity index (χ1) is 45.3. The zero-order valence-electron chi connectivity index (χ0n) is 52.5. The maximum atomic E-state index is 13.8. The van der Waals surface area contributed by atoms with E-state index in [9.17, 15) is 49.9 Å². The lowest BCUT2D eigenvalue weighted by molar-refractivity contribution is 0.0696. The molecule has 4 heterocycles. The molecular weight excluding hydrogens is 1270 g/mol. The Morgan fingerprint density at radius 1 is 0.474 bits per heavy atom. The van der Waals surface area contributed by atoms with E-state index in [1.54, 1.807) is 72.8 Å². The number of oxazole rings is 2. The largest absolute Gasteiger partial charge is 0.496 e. The Morgan fingerprint density at radius 3 is 1.20 bits per heavy atom. The van der Waals surface area contributed by atoms with Gasteiger partial charge in [-0.25, -0.2) is 40.4 Å². The lowest BCUT2D eigenvalue weighted by Crippen LogP contribution is -2.25. The Balaban J connectivity index is 0.000000202. The number of halogens is 2. The molecule has 12 rings (SSSR count). The van der Waals surface area contributed by atoms with Gasteiger partial charge in [-0.2, -0.15) is 0 Å². The number of sulfonamides is 2. The quantitative estimate of drug-likeness (QED) is 0.0600. The van der Waals surface area contributed by atoms with E-state index in [0.29, 0.717) is 94.5 Å². The van der Waals surface area contributed by atoms with Crippen LogP contribution in [-0.2, 0) is 20.0 Å². The third kappa shape index (κ3) is 13.1. The Morgan fingerprint density at radius 2 is 0.842 bits per heavy atom. The molecule has 0 aliphatic heterocycles. The Hall–Kier alpha value is -11.4. The number of rotatable bonds is 16. The zero-order valence-corrected chi connectivity index (χ0v) is 54.1. The molecule has 4 aromatic heterocycles. The first-order valence-electron chi connectivity index (χ1n) is 28.6. The number of carbonyl (C=O) groups is 4. The fraction of sp³-hybridized carbons (Fsp3) is 0.147. The van der Waals surface area contributed by atoms with Crippen molar-refractivity contribution >= 4 is 99.3 Å². The predicted octanol–water partition coefficient (Wildman–Crippen LogP) is 11.6. The van der Waals surface area contributed by atoms with Crippen LogP contribution in [0.4, 0.5) is 20.2 Å². The monoisotopic (exact) mass is 1330 g/mol. The van der Waals surface area contributed by atoms with Gasteiger partial charge in [0.15, 0.2) is 11.2 Å². The van der Waals surface area contributed by atoms with Crippen molar-refractivity contribution in [1.29, 1.82) is 0 Å². The van der Waals surface area contributed by atoms with E-state index >= 15 is 0 Å². The number of nitrogens with two attached hydrogens (primary N) is 1. The van der Waals surface area contributed by atoms with Crippen molar-refractivity contribution in [3.05, 3.63) is 179 Å². The fourth-order valence-electron chi connectivity index (χ4n) is 10.5. The van der Waals surface area contributed by atoms with Crippen molar-refractivity contribution in [2.75, 3.05) is 77.6 Å². The van der Waals surface area contributed by atoms with Crippen molar-refractivity contribution in [3.63, 3.8) is 0 Å². The lowest BCUT2D eigenvalue weighted by Gasteiger charge is -2.21. The topological polar surface area (TPSA) is 322 Å². The number of hydrogen-bond donors (Lipinski definition) is 5. The predicted molar refractivity (Wildman–Crippen MR) is 357 cm³/mol. The zero-order chi connectivity index (χ0) is 68.5. The Bertz CT molecular complexity index is 5260. The minimum absolute atomic E-state index is 0.0434. The smallest absolute Gasteiger partial charge is 0.335 e. The summed E-state index contributed by atoms with van der Waals surface area (Å²) in [6.07, 6.45) is 2.14. The van der Waals surface area contributed by atoms with E-state index in [2.05, 4.69) is 31.7 Å². The lowest BCUT2D eigenvalue weighted by atomic mass is 9.97. The summed E-state index contributed by atoms with van der Waals surface area (Å²) in [5.74, 6) is -1.66. The molecule has 0 bridgehead atoms. The molecule has 0 atom stereocenters. The SMILES string of the molecule is CN.CNC(=O)c1c(-c2ccc(F)cc2)oc2cc(N(C)S(C)(=O)=O)c(-c3ccc(OC)c(-c4nc5cc(C(=O)O)ccc5o4)c3)cc12.CNC(=O)c1ccc2oc(-c3cc(-c4cc5c(C(=O)NC)c(-c6ccc(F)cc6)oc5cc4N(C)S(C)(=O)=O)ccc3OC)nc2c1. The highest BCUT2D eigenvalue weighted by molar-refractivity contribution is 7.92. The van der Waals surface area contributed by atoms with Gasteiger partial charge < -0.3 is 53.9 Å². The van der Waals surface area contributed by atoms with Crippen LogP contribution >= 0.6 is 0 Å². The van der Waals surface area contributed by atoms with Crippen LogP contribution in [0.2, 0.25) is 0 Å². The van der Waals surface area contributed by atoms with Gasteiger partial charge in [-0.15, -0.1) is 0 Å². The van der Waals surface area contributed by atoms with E-state index in [1.807, 2.05) is 0 Å². The van der Waals surface area contributed by atoms with Gasteiger partial charge >= 0.3 is 5.97 Å². The number of hydrogen-bond acceptors (Lipinski definition) is 17. The average molecular weight is 1330 g/mol. The second-order valence-electron chi connectivity index (χ2n) is 21.1. The number of furan rings is 2. The summed E-state index contributed by atoms with van der Waals surface area (Å²) in [4.78, 5) is 59.3. The minimum Gasteiger partial charge on any atom is -0.496 e. The molecule has 8 aromatic carbocycles. The van der Waals surface area contributed by atoms with Gasteiger partial charge in [0, 0.05) is 86.0 Å². The molecule has 27 heteroatoms. The van der Waals surface area contributed by atoms with Crippen molar-refractivity contribution in [3.8, 4) is 79.3 Å². The van der Waals surface area contributed by atoms with Gasteiger partial charge in [-0.3, -0.25) is 23.0 Å². The number of carbonyl (C=O) groups excluding carboxylic acids is 3. The third-order valence-electron chi connectivity index (χ3n) is 15.4. The van der Waals surface area contributed by atoms with Gasteiger partial charge in [-0.05, 0) is 140 Å². The second kappa shape index (κ2) is 26.7. The first kappa shape index (κ1) is 66.5. The number of aromatic nitrogens is 2. The van der Waals surface area contributed by atoms with Crippen molar-refractivity contribution < 1.29 is 77.0 Å². The van der Waals surface area contributed by atoms with E-state index < -0.39 is 49.5 Å². The summed E-state index contributed by atoms with van der Waals surface area (Å²) in [6, 6.07) is 36.9. The van der Waals surface area contributed by atoms with E-state index in [4.69, 9.17) is 27.1 Å². The second-order valence-corrected chi connectivity index (χ2v) is 25.1. The molecule has 12 aromatic rings. The normalized spacial score (nSPS) is 11.4. The molecule has 3 amide bonds. The number of fused-ring (bicyclic) bond motifs is 4. The molecule has 0 aliphatic carbocycles. The summed E-state index contributed by atoms with van der Waals surface area (Å²) < 4.78 is 117. The molecule has 6 N–H and O–H groups in total. The van der Waals surface area contributed by atoms with Crippen molar-refractivity contribution in [1.82, 2.24) is 25.9 Å². The highest BCUT2D eigenvalue weighted by atomic mass is 32.2. The molecule has 0 radical (unpaired) electrons. The van der Waals surface area contributed by atoms with Crippen LogP contribution in [0.1, 0.15) is 41.4 Å². The van der Waals surface area contributed by atoms with Crippen LogP contribution in [0.3, 0.4) is 0 Å². The van der Waals surface area contributed by atoms with Crippen LogP contribution in [0.5, 0.6) is 11.5 Å². The van der Waals surface area contributed by atoms with Gasteiger partial charge in [0.05, 0.1) is 65.9 Å². The molecule has 0 aliphatic rings. The number of benzene rings is 8. The molecule has 0 saturated heterocycles. The number of nitrogens with one attached hydrogen (secondary N) is 3. The van der Waals surface area contributed by atoms with Crippen molar-refractivity contribution in [2.45, 2.75) is 0 Å². The molecule has 0 saturated carbocycles. The van der Waals surface area contributed by atoms with Crippen LogP contribution in [-0.4, -0.2) is 125 Å². The van der Waals surface area contributed by atoms with E-state index in [1.165, 1.54) is 129 Å². The number of amides is 3. The summed E-state index contributed by atoms with van der Waals surface area (Å²) >= 11 is 0. The van der Waals surface area contributed by atoms with Crippen LogP contribution in [0.15, 0.2) is 163 Å². The number of aromatic carboxylic acids is 1. The van der Waals surface area contributed by atoms with Crippen LogP contribution < -0.4 is 39.8 Å². The number of carboxylic acids is 1. The third-order valence-corrected chi connectivity index (χ3v) is 17.8. The molecule has 488 valence electrons. The fourth-order valence-corrected chi connectivity index (χ4v) is 11.5. The molecule has 0 fully saturated rings. The standard InChI is InChI=1S/C34H29FN4O7S.C33H26FN3O8S.CH5N/c1-36-32(40)20-9-13-28-25(15-20)38-34(46-28)24-14-19(8-12-27(24)44-4)22-16-23-29(17-26(22)39(3)47(5,42)43)45-31(30(23)33(41)37-2)18-6-10-21(35)11-7-18;1-35-31(38)29-22-15-21(25(37(2)46(4,41)42)16-28(22)44-30(29)17-5-9-20(34)10-6-17)18-7-11-26(43-3)23(13-18)32-36-24-14-19(33(39)40)8-12-27(24)45-32;1-2/h6-17H,1-5H3,(H,36,40)(H,37,41);5-16H,1-4H3,(H,35,38)(H,39,40);2H2,1H3. The Kier molecular flexibility index (Phi) is 18.7. The molecular formula is C68H60F2N8O15S2. The number of methoxy groups -OCH3 is 2. The van der Waals surface area contributed by atoms with E-state index in [0.717, 1.165) is 21.1 Å². The van der Waals surface area contributed by atoms with Gasteiger partial charge in [-0.1, -0.05) is 12.1 Å². The summed E-state index contributed by atoms with van der Waals surface area (Å²) in [5.41, 5.74) is 11.6. The Labute approximate surface area is 541 Å². The van der Waals surface area contributed by atoms with Crippen molar-refractivity contribution in [2.24, 2.45) is 5.73 Å². The molecule has 95 heavy (non-hydrogen) atoms. The maximum Gasteiger partial charge on any atom is 0.335 e. The molecule has 0 unspecified atom stereocenters. The van der Waals surface area contributed by atoms with Gasteiger partial charge in [0.1, 0.15) is 56.9 Å². The maximum absolute atomic E-state index is 13.8.